The summed E-state index contributed by atoms with van der Waals surface area (Å²) in [4.78, 5) is 23.5. The molecule has 1 aliphatic heterocycles. The highest BCUT2D eigenvalue weighted by Crippen LogP contribution is 2.28. The van der Waals surface area contributed by atoms with E-state index in [-0.39, 0.29) is 34.6 Å². The average molecular weight is 546 g/mol. The SMILES string of the molecule is CCCCNC(=O)c1cc(C[C@@H]2CS(=O)(=O)C[C@H](NCc3cccc(C(C)(C)C)c3)[C@H]2O)ccc1[N+](=O)[O-]. The molecule has 0 aromatic heterocycles. The minimum Gasteiger partial charge on any atom is -0.391 e. The number of nitrogens with one attached hydrogen (secondary N) is 2. The number of rotatable bonds is 10. The van der Waals surface area contributed by atoms with Gasteiger partial charge in [0.05, 0.1) is 22.5 Å². The Kier molecular flexibility index (Phi) is 9.67. The van der Waals surface area contributed by atoms with Gasteiger partial charge in [-0.2, -0.15) is 0 Å². The van der Waals surface area contributed by atoms with Crippen molar-refractivity contribution < 1.29 is 23.2 Å². The second kappa shape index (κ2) is 12.4. The largest absolute Gasteiger partial charge is 0.391 e. The van der Waals surface area contributed by atoms with Gasteiger partial charge in [-0.3, -0.25) is 14.9 Å². The predicted molar refractivity (Wildman–Crippen MR) is 148 cm³/mol. The van der Waals surface area contributed by atoms with Gasteiger partial charge in [-0.1, -0.05) is 64.4 Å². The first-order valence-electron chi connectivity index (χ1n) is 13.1. The van der Waals surface area contributed by atoms with Crippen molar-refractivity contribution in [3.8, 4) is 0 Å². The van der Waals surface area contributed by atoms with Gasteiger partial charge in [0, 0.05) is 31.1 Å². The third-order valence-corrected chi connectivity index (χ3v) is 8.78. The molecule has 1 saturated heterocycles. The van der Waals surface area contributed by atoms with Crippen molar-refractivity contribution in [2.75, 3.05) is 18.1 Å². The summed E-state index contributed by atoms with van der Waals surface area (Å²) in [7, 11) is -3.44. The Bertz CT molecular complexity index is 1260. The number of aliphatic hydroxyl groups excluding tert-OH is 1. The zero-order valence-electron chi connectivity index (χ0n) is 22.6. The van der Waals surface area contributed by atoms with Gasteiger partial charge in [0.1, 0.15) is 5.56 Å². The maximum Gasteiger partial charge on any atom is 0.282 e. The van der Waals surface area contributed by atoms with Crippen molar-refractivity contribution >= 4 is 21.4 Å². The lowest BCUT2D eigenvalue weighted by atomic mass is 9.86. The van der Waals surface area contributed by atoms with Crippen LogP contribution >= 0.6 is 0 Å². The van der Waals surface area contributed by atoms with E-state index in [0.29, 0.717) is 18.7 Å². The number of sulfone groups is 1. The zero-order chi connectivity index (χ0) is 28.1. The summed E-state index contributed by atoms with van der Waals surface area (Å²) in [6.07, 6.45) is 0.848. The molecule has 3 atom stereocenters. The van der Waals surface area contributed by atoms with Gasteiger partial charge in [-0.15, -0.1) is 0 Å². The maximum atomic E-state index is 12.8. The van der Waals surface area contributed by atoms with Gasteiger partial charge in [0.2, 0.25) is 0 Å². The van der Waals surface area contributed by atoms with Crippen LogP contribution in [0.4, 0.5) is 5.69 Å². The standard InChI is InChI=1S/C28H39N3O6S/c1-5-6-12-29-27(33)23-15-19(10-11-25(23)31(34)35)13-21-17-38(36,37)18-24(26(21)32)30-16-20-8-7-9-22(14-20)28(2,3)4/h7-11,14-15,21,24,26,30,32H,5-6,12-13,16-18H2,1-4H3,(H,29,33)/t21-,24+,26+/m1/s1. The summed E-state index contributed by atoms with van der Waals surface area (Å²) >= 11 is 0. The van der Waals surface area contributed by atoms with Crippen LogP contribution in [0.3, 0.4) is 0 Å². The van der Waals surface area contributed by atoms with Gasteiger partial charge in [-0.25, -0.2) is 8.42 Å². The summed E-state index contributed by atoms with van der Waals surface area (Å²) in [5.41, 5.74) is 2.33. The molecule has 9 nitrogen and oxygen atoms in total. The van der Waals surface area contributed by atoms with Crippen LogP contribution in [0.15, 0.2) is 42.5 Å². The van der Waals surface area contributed by atoms with E-state index in [1.54, 1.807) is 0 Å². The Balaban J connectivity index is 1.77. The fourth-order valence-corrected chi connectivity index (χ4v) is 6.74. The average Bonchev–Trinajstić information content (AvgIpc) is 2.84. The minimum absolute atomic E-state index is 0.0225. The van der Waals surface area contributed by atoms with E-state index in [1.807, 2.05) is 19.1 Å². The van der Waals surface area contributed by atoms with Gasteiger partial charge < -0.3 is 15.7 Å². The molecule has 0 bridgehead atoms. The van der Waals surface area contributed by atoms with Crippen LogP contribution < -0.4 is 10.6 Å². The lowest BCUT2D eigenvalue weighted by molar-refractivity contribution is -0.385. The normalized spacial score (nSPS) is 21.1. The van der Waals surface area contributed by atoms with Crippen molar-refractivity contribution in [3.63, 3.8) is 0 Å². The number of carbonyl (C=O) groups is 1. The molecule has 0 aliphatic carbocycles. The quantitative estimate of drug-likeness (QED) is 0.236. The van der Waals surface area contributed by atoms with Crippen LogP contribution in [0, 0.1) is 16.0 Å². The number of hydrogen-bond donors (Lipinski definition) is 3. The van der Waals surface area contributed by atoms with E-state index < -0.39 is 38.7 Å². The number of nitro groups is 1. The molecule has 0 unspecified atom stereocenters. The van der Waals surface area contributed by atoms with Crippen molar-refractivity contribution in [2.24, 2.45) is 5.92 Å². The topological polar surface area (TPSA) is 139 Å². The third kappa shape index (κ3) is 7.85. The van der Waals surface area contributed by atoms with Crippen LogP contribution in [-0.4, -0.2) is 54.6 Å². The number of aliphatic hydroxyl groups is 1. The van der Waals surface area contributed by atoms with Gasteiger partial charge >= 0.3 is 0 Å². The van der Waals surface area contributed by atoms with E-state index in [2.05, 4.69) is 43.5 Å². The monoisotopic (exact) mass is 545 g/mol. The molecule has 38 heavy (non-hydrogen) atoms. The summed E-state index contributed by atoms with van der Waals surface area (Å²) < 4.78 is 25.5. The van der Waals surface area contributed by atoms with Gasteiger partial charge in [0.15, 0.2) is 9.84 Å². The summed E-state index contributed by atoms with van der Waals surface area (Å²) in [6.45, 7) is 9.17. The highest BCUT2D eigenvalue weighted by atomic mass is 32.2. The first-order valence-corrected chi connectivity index (χ1v) is 14.9. The fourth-order valence-electron chi connectivity index (χ4n) is 4.78. The van der Waals surface area contributed by atoms with Gasteiger partial charge in [-0.05, 0) is 41.0 Å². The Morgan fingerprint density at radius 3 is 2.53 bits per heavy atom. The number of nitrogens with zero attached hydrogens (tertiary/aromatic N) is 1. The van der Waals surface area contributed by atoms with Crippen LogP contribution in [0.1, 0.15) is 67.6 Å². The molecule has 3 rings (SSSR count). The molecule has 0 radical (unpaired) electrons. The van der Waals surface area contributed by atoms with Gasteiger partial charge in [0.25, 0.3) is 11.6 Å². The molecule has 1 aliphatic rings. The van der Waals surface area contributed by atoms with Crippen molar-refractivity contribution in [1.82, 2.24) is 10.6 Å². The van der Waals surface area contributed by atoms with E-state index in [9.17, 15) is 28.4 Å². The Hall–Kier alpha value is -2.82. The van der Waals surface area contributed by atoms with E-state index >= 15 is 0 Å². The van der Waals surface area contributed by atoms with Crippen LogP contribution in [0.5, 0.6) is 0 Å². The number of carbonyl (C=O) groups excluding carboxylic acids is 1. The predicted octanol–water partition coefficient (Wildman–Crippen LogP) is 3.53. The Labute approximate surface area is 225 Å². The molecule has 1 fully saturated rings. The summed E-state index contributed by atoms with van der Waals surface area (Å²) in [5.74, 6) is -1.53. The Morgan fingerprint density at radius 1 is 1.13 bits per heavy atom. The van der Waals surface area contributed by atoms with Crippen molar-refractivity contribution in [1.29, 1.82) is 0 Å². The van der Waals surface area contributed by atoms with Crippen LogP contribution in [0.2, 0.25) is 0 Å². The fraction of sp³-hybridized carbons (Fsp3) is 0.536. The van der Waals surface area contributed by atoms with Crippen LogP contribution in [-0.2, 0) is 28.2 Å². The van der Waals surface area contributed by atoms with E-state index in [4.69, 9.17) is 0 Å². The lowest BCUT2D eigenvalue weighted by Gasteiger charge is -2.35. The number of nitro benzene ring substituents is 1. The maximum absolute atomic E-state index is 12.8. The highest BCUT2D eigenvalue weighted by molar-refractivity contribution is 7.91. The molecule has 2 aromatic rings. The number of hydrogen-bond acceptors (Lipinski definition) is 7. The van der Waals surface area contributed by atoms with Crippen molar-refractivity contribution in [2.45, 2.75) is 71.1 Å². The molecular formula is C28H39N3O6S. The molecule has 2 aromatic carbocycles. The summed E-state index contributed by atoms with van der Waals surface area (Å²) in [5, 5.41) is 28.6. The smallest absolute Gasteiger partial charge is 0.282 e. The second-order valence-corrected chi connectivity index (χ2v) is 13.3. The molecule has 3 N–H and O–H groups in total. The second-order valence-electron chi connectivity index (χ2n) is 11.2. The third-order valence-electron chi connectivity index (χ3n) is 6.97. The molecule has 0 spiro atoms. The number of unbranched alkanes of at least 4 members (excludes halogenated alkanes) is 1. The molecule has 0 saturated carbocycles. The molecular weight excluding hydrogens is 506 g/mol. The first-order chi connectivity index (χ1) is 17.8. The molecule has 10 heteroatoms. The molecule has 1 amide bonds. The lowest BCUT2D eigenvalue weighted by Crippen LogP contribution is -2.54. The minimum atomic E-state index is -3.44. The number of amides is 1. The summed E-state index contributed by atoms with van der Waals surface area (Å²) in [6, 6.07) is 11.6. The van der Waals surface area contributed by atoms with E-state index in [0.717, 1.165) is 18.4 Å². The first kappa shape index (κ1) is 29.7. The van der Waals surface area contributed by atoms with Crippen LogP contribution in [0.25, 0.3) is 0 Å². The zero-order valence-corrected chi connectivity index (χ0v) is 23.4. The highest BCUT2D eigenvalue weighted by Gasteiger charge is 2.39. The van der Waals surface area contributed by atoms with E-state index in [1.165, 1.54) is 23.8 Å². The number of benzene rings is 2. The van der Waals surface area contributed by atoms with Crippen molar-refractivity contribution in [3.05, 3.63) is 74.8 Å². The Morgan fingerprint density at radius 2 is 1.87 bits per heavy atom. The molecule has 208 valence electrons. The molecule has 1 heterocycles.